The van der Waals surface area contributed by atoms with Crippen molar-refractivity contribution in [2.45, 2.75) is 32.7 Å². The third-order valence-corrected chi connectivity index (χ3v) is 7.61. The summed E-state index contributed by atoms with van der Waals surface area (Å²) in [5.41, 5.74) is 2.62. The molecule has 4 aromatic rings. The molecule has 1 aliphatic carbocycles. The standard InChI is InChI=1S/C23H22ClN5O2S2/c1-13-19(29-11-12-32-23(29)26-13)21(30)25-9-10-28(17-7-8-17)22(31)18-20(33-14(2)27-18)15-3-5-16(24)6-4-15/h3-6,11-12,17H,7-10H2,1-2H3,(H,25,30). The normalized spacial score (nSPS) is 13.4. The number of fused-ring (bicyclic) bond motifs is 1. The number of rotatable bonds is 7. The molecule has 0 spiro atoms. The van der Waals surface area contributed by atoms with E-state index in [1.54, 1.807) is 4.40 Å². The van der Waals surface area contributed by atoms with Gasteiger partial charge < -0.3 is 10.2 Å². The van der Waals surface area contributed by atoms with Crippen molar-refractivity contribution in [1.82, 2.24) is 24.6 Å². The van der Waals surface area contributed by atoms with Gasteiger partial charge in [0.15, 0.2) is 4.96 Å². The number of nitrogens with zero attached hydrogens (tertiary/aromatic N) is 4. The van der Waals surface area contributed by atoms with Crippen LogP contribution in [-0.2, 0) is 0 Å². The van der Waals surface area contributed by atoms with Crippen molar-refractivity contribution in [2.24, 2.45) is 0 Å². The van der Waals surface area contributed by atoms with Gasteiger partial charge in [-0.1, -0.05) is 23.7 Å². The average molecular weight is 500 g/mol. The Labute approximate surface area is 204 Å². The second-order valence-corrected chi connectivity index (χ2v) is 10.5. The second kappa shape index (κ2) is 8.89. The first kappa shape index (κ1) is 22.1. The average Bonchev–Trinajstić information content (AvgIpc) is 3.27. The van der Waals surface area contributed by atoms with Gasteiger partial charge in [-0.2, -0.15) is 0 Å². The number of aromatic nitrogens is 3. The van der Waals surface area contributed by atoms with Crippen LogP contribution in [0.15, 0.2) is 35.8 Å². The fourth-order valence-corrected chi connectivity index (χ4v) is 5.68. The van der Waals surface area contributed by atoms with Gasteiger partial charge in [-0.3, -0.25) is 14.0 Å². The van der Waals surface area contributed by atoms with E-state index < -0.39 is 0 Å². The molecule has 33 heavy (non-hydrogen) atoms. The van der Waals surface area contributed by atoms with Crippen LogP contribution in [0.5, 0.6) is 0 Å². The first-order chi connectivity index (χ1) is 15.9. The molecule has 7 nitrogen and oxygen atoms in total. The summed E-state index contributed by atoms with van der Waals surface area (Å²) in [6.07, 6.45) is 3.78. The van der Waals surface area contributed by atoms with Crippen molar-refractivity contribution in [3.8, 4) is 10.4 Å². The number of hydrogen-bond acceptors (Lipinski definition) is 6. The molecule has 0 bridgehead atoms. The van der Waals surface area contributed by atoms with Gasteiger partial charge in [-0.25, -0.2) is 9.97 Å². The molecular formula is C23H22ClN5O2S2. The van der Waals surface area contributed by atoms with Gasteiger partial charge in [-0.15, -0.1) is 22.7 Å². The zero-order valence-electron chi connectivity index (χ0n) is 18.2. The van der Waals surface area contributed by atoms with Crippen molar-refractivity contribution in [3.63, 3.8) is 0 Å². The van der Waals surface area contributed by atoms with Gasteiger partial charge in [0.1, 0.15) is 11.4 Å². The highest BCUT2D eigenvalue weighted by Crippen LogP contribution is 2.34. The lowest BCUT2D eigenvalue weighted by atomic mass is 10.1. The molecule has 0 saturated heterocycles. The molecule has 0 atom stereocenters. The van der Waals surface area contributed by atoms with Crippen LogP contribution in [0.1, 0.15) is 44.5 Å². The number of aryl methyl sites for hydroxylation is 2. The fourth-order valence-electron chi connectivity index (χ4n) is 3.88. The van der Waals surface area contributed by atoms with Crippen LogP contribution in [0.4, 0.5) is 0 Å². The molecule has 5 rings (SSSR count). The second-order valence-electron chi connectivity index (χ2n) is 8.00. The molecule has 170 valence electrons. The predicted octanol–water partition coefficient (Wildman–Crippen LogP) is 4.82. The maximum absolute atomic E-state index is 13.5. The Morgan fingerprint density at radius 2 is 1.97 bits per heavy atom. The molecule has 1 N–H and O–H groups in total. The monoisotopic (exact) mass is 499 g/mol. The number of hydrogen-bond donors (Lipinski definition) is 1. The predicted molar refractivity (Wildman–Crippen MR) is 131 cm³/mol. The number of carbonyl (C=O) groups excluding carboxylic acids is 2. The minimum absolute atomic E-state index is 0.0955. The van der Waals surface area contributed by atoms with E-state index in [2.05, 4.69) is 15.3 Å². The number of benzene rings is 1. The maximum Gasteiger partial charge on any atom is 0.274 e. The van der Waals surface area contributed by atoms with Crippen LogP contribution in [0.25, 0.3) is 15.4 Å². The van der Waals surface area contributed by atoms with Crippen LogP contribution in [-0.4, -0.2) is 50.2 Å². The summed E-state index contributed by atoms with van der Waals surface area (Å²) < 4.78 is 1.80. The number of halogens is 1. The van der Waals surface area contributed by atoms with E-state index in [1.807, 2.05) is 54.6 Å². The van der Waals surface area contributed by atoms with E-state index in [4.69, 9.17) is 11.6 Å². The SMILES string of the molecule is Cc1nc(C(=O)N(CCNC(=O)c2c(C)nc3sccn23)C2CC2)c(-c2ccc(Cl)cc2)s1. The Bertz CT molecular complexity index is 1340. The molecule has 2 amide bonds. The van der Waals surface area contributed by atoms with Crippen LogP contribution >= 0.6 is 34.3 Å². The summed E-state index contributed by atoms with van der Waals surface area (Å²) in [6.45, 7) is 4.52. The Morgan fingerprint density at radius 1 is 1.21 bits per heavy atom. The maximum atomic E-state index is 13.5. The molecule has 0 aliphatic heterocycles. The zero-order chi connectivity index (χ0) is 23.1. The molecule has 1 saturated carbocycles. The molecule has 3 heterocycles. The summed E-state index contributed by atoms with van der Waals surface area (Å²) in [4.78, 5) is 38.8. The van der Waals surface area contributed by atoms with E-state index in [9.17, 15) is 9.59 Å². The van der Waals surface area contributed by atoms with E-state index in [0.29, 0.717) is 35.2 Å². The van der Waals surface area contributed by atoms with Gasteiger partial charge in [0, 0.05) is 35.7 Å². The topological polar surface area (TPSA) is 79.6 Å². The molecule has 1 aromatic carbocycles. The summed E-state index contributed by atoms with van der Waals surface area (Å²) in [7, 11) is 0. The smallest absolute Gasteiger partial charge is 0.274 e. The Hall–Kier alpha value is -2.75. The molecule has 10 heteroatoms. The molecular weight excluding hydrogens is 478 g/mol. The molecule has 1 fully saturated rings. The lowest BCUT2D eigenvalue weighted by Gasteiger charge is -2.22. The van der Waals surface area contributed by atoms with Crippen LogP contribution < -0.4 is 5.32 Å². The van der Waals surface area contributed by atoms with Crippen molar-refractivity contribution in [2.75, 3.05) is 13.1 Å². The molecule has 0 radical (unpaired) electrons. The van der Waals surface area contributed by atoms with E-state index >= 15 is 0 Å². The first-order valence-corrected chi connectivity index (χ1v) is 12.7. The number of nitrogens with one attached hydrogen (secondary N) is 1. The highest BCUT2D eigenvalue weighted by Gasteiger charge is 2.35. The first-order valence-electron chi connectivity index (χ1n) is 10.7. The molecule has 3 aromatic heterocycles. The van der Waals surface area contributed by atoms with Crippen molar-refractivity contribution in [1.29, 1.82) is 0 Å². The Kier molecular flexibility index (Phi) is 5.94. The Balaban J connectivity index is 1.31. The van der Waals surface area contributed by atoms with Crippen molar-refractivity contribution >= 4 is 51.0 Å². The minimum Gasteiger partial charge on any atom is -0.349 e. The highest BCUT2D eigenvalue weighted by molar-refractivity contribution is 7.15. The lowest BCUT2D eigenvalue weighted by Crippen LogP contribution is -2.40. The summed E-state index contributed by atoms with van der Waals surface area (Å²) in [6, 6.07) is 7.64. The van der Waals surface area contributed by atoms with Gasteiger partial charge >= 0.3 is 0 Å². The summed E-state index contributed by atoms with van der Waals surface area (Å²) in [5.74, 6) is -0.283. The van der Waals surface area contributed by atoms with E-state index in [0.717, 1.165) is 33.3 Å². The van der Waals surface area contributed by atoms with Crippen molar-refractivity contribution in [3.05, 3.63) is 63.0 Å². The Morgan fingerprint density at radius 3 is 2.70 bits per heavy atom. The largest absolute Gasteiger partial charge is 0.349 e. The number of thiazole rings is 2. The zero-order valence-corrected chi connectivity index (χ0v) is 20.6. The third-order valence-electron chi connectivity index (χ3n) is 5.58. The quantitative estimate of drug-likeness (QED) is 0.395. The van der Waals surface area contributed by atoms with Crippen molar-refractivity contribution < 1.29 is 9.59 Å². The summed E-state index contributed by atoms with van der Waals surface area (Å²) >= 11 is 9.03. The van der Waals surface area contributed by atoms with Crippen LogP contribution in [0, 0.1) is 13.8 Å². The van der Waals surface area contributed by atoms with Gasteiger partial charge in [0.05, 0.1) is 15.6 Å². The lowest BCUT2D eigenvalue weighted by molar-refractivity contribution is 0.0731. The van der Waals surface area contributed by atoms with E-state index in [-0.39, 0.29) is 17.9 Å². The van der Waals surface area contributed by atoms with Gasteiger partial charge in [0.2, 0.25) is 0 Å². The number of imidazole rings is 1. The van der Waals surface area contributed by atoms with Gasteiger partial charge in [-0.05, 0) is 44.4 Å². The van der Waals surface area contributed by atoms with Gasteiger partial charge in [0.25, 0.3) is 11.8 Å². The highest BCUT2D eigenvalue weighted by atomic mass is 35.5. The minimum atomic E-state index is -0.187. The molecule has 1 aliphatic rings. The van der Waals surface area contributed by atoms with E-state index in [1.165, 1.54) is 22.7 Å². The molecule has 0 unspecified atom stereocenters. The van der Waals surface area contributed by atoms with Crippen LogP contribution in [0.2, 0.25) is 5.02 Å². The number of carbonyl (C=O) groups is 2. The third kappa shape index (κ3) is 4.40. The number of amides is 2. The summed E-state index contributed by atoms with van der Waals surface area (Å²) in [5, 5.41) is 6.35. The van der Waals surface area contributed by atoms with Crippen LogP contribution in [0.3, 0.4) is 0 Å². The fraction of sp³-hybridized carbons (Fsp3) is 0.304.